The fourth-order valence-electron chi connectivity index (χ4n) is 2.54. The number of rotatable bonds is 6. The third kappa shape index (κ3) is 2.56. The number of methoxy groups -OCH3 is 1. The molecule has 19 heavy (non-hydrogen) atoms. The Morgan fingerprint density at radius 1 is 1.58 bits per heavy atom. The van der Waals surface area contributed by atoms with Gasteiger partial charge in [-0.1, -0.05) is 6.07 Å². The topological polar surface area (TPSA) is 72.5 Å². The highest BCUT2D eigenvalue weighted by atomic mass is 19.1. The Labute approximate surface area is 111 Å². The molecule has 0 radical (unpaired) electrons. The molecule has 1 unspecified atom stereocenters. The Bertz CT molecular complexity index is 488. The van der Waals surface area contributed by atoms with Gasteiger partial charge < -0.3 is 15.6 Å². The second kappa shape index (κ2) is 5.17. The minimum Gasteiger partial charge on any atom is -0.494 e. The number of hydrogen-bond donors (Lipinski definition) is 2. The molecule has 5 heteroatoms. The zero-order valence-corrected chi connectivity index (χ0v) is 10.9. The molecule has 1 atom stereocenters. The van der Waals surface area contributed by atoms with E-state index in [1.54, 1.807) is 6.07 Å². The Hall–Kier alpha value is -1.62. The normalized spacial score (nSPS) is 17.8. The van der Waals surface area contributed by atoms with Gasteiger partial charge in [-0.15, -0.1) is 0 Å². The van der Waals surface area contributed by atoms with E-state index in [0.29, 0.717) is 5.56 Å². The number of carboxylic acid groups (broad SMARTS) is 1. The largest absolute Gasteiger partial charge is 0.494 e. The van der Waals surface area contributed by atoms with Crippen molar-refractivity contribution in [3.8, 4) is 5.75 Å². The smallest absolute Gasteiger partial charge is 0.311 e. The third-order valence-corrected chi connectivity index (χ3v) is 3.88. The second-order valence-electron chi connectivity index (χ2n) is 5.09. The predicted molar refractivity (Wildman–Crippen MR) is 68.5 cm³/mol. The Morgan fingerprint density at radius 3 is 2.68 bits per heavy atom. The maximum absolute atomic E-state index is 13.6. The van der Waals surface area contributed by atoms with Crippen LogP contribution in [0.25, 0.3) is 0 Å². The molecule has 0 aromatic heterocycles. The van der Waals surface area contributed by atoms with Gasteiger partial charge in [-0.2, -0.15) is 0 Å². The predicted octanol–water partition coefficient (Wildman–Crippen LogP) is 1.82. The molecule has 0 aliphatic heterocycles. The van der Waals surface area contributed by atoms with Crippen LogP contribution in [-0.2, 0) is 11.2 Å². The van der Waals surface area contributed by atoms with Crippen LogP contribution in [0.3, 0.4) is 0 Å². The first kappa shape index (κ1) is 13.8. The number of halogens is 1. The molecule has 3 N–H and O–H groups in total. The average Bonchev–Trinajstić information content (AvgIpc) is 3.20. The Balaban J connectivity index is 2.26. The van der Waals surface area contributed by atoms with Crippen LogP contribution in [-0.4, -0.2) is 24.7 Å². The summed E-state index contributed by atoms with van der Waals surface area (Å²) in [7, 11) is 1.39. The molecule has 0 bridgehead atoms. The van der Waals surface area contributed by atoms with Crippen LogP contribution in [0.2, 0.25) is 0 Å². The third-order valence-electron chi connectivity index (χ3n) is 3.88. The molecule has 1 aromatic rings. The zero-order chi connectivity index (χ0) is 14.0. The molecule has 104 valence electrons. The van der Waals surface area contributed by atoms with Crippen LogP contribution in [0.4, 0.5) is 4.39 Å². The van der Waals surface area contributed by atoms with Gasteiger partial charge in [-0.3, -0.25) is 4.79 Å². The highest BCUT2D eigenvalue weighted by molar-refractivity contribution is 5.76. The number of carbonyl (C=O) groups is 1. The van der Waals surface area contributed by atoms with Crippen molar-refractivity contribution in [2.75, 3.05) is 13.7 Å². The monoisotopic (exact) mass is 267 g/mol. The van der Waals surface area contributed by atoms with Crippen molar-refractivity contribution in [2.24, 2.45) is 17.1 Å². The van der Waals surface area contributed by atoms with Crippen LogP contribution in [0.5, 0.6) is 5.75 Å². The van der Waals surface area contributed by atoms with Crippen LogP contribution < -0.4 is 10.5 Å². The van der Waals surface area contributed by atoms with Crippen molar-refractivity contribution in [3.05, 3.63) is 29.6 Å². The van der Waals surface area contributed by atoms with Crippen molar-refractivity contribution in [3.63, 3.8) is 0 Å². The maximum atomic E-state index is 13.6. The minimum atomic E-state index is -0.971. The van der Waals surface area contributed by atoms with Gasteiger partial charge in [0.05, 0.1) is 12.5 Å². The molecule has 1 aliphatic rings. The molecule has 1 aromatic carbocycles. The first-order valence-corrected chi connectivity index (χ1v) is 6.29. The van der Waals surface area contributed by atoms with Gasteiger partial charge in [0.1, 0.15) is 0 Å². The van der Waals surface area contributed by atoms with E-state index in [-0.39, 0.29) is 24.6 Å². The number of hydrogen-bond acceptors (Lipinski definition) is 3. The first-order valence-electron chi connectivity index (χ1n) is 6.29. The summed E-state index contributed by atoms with van der Waals surface area (Å²) in [5.74, 6) is -1.12. The van der Waals surface area contributed by atoms with E-state index in [1.165, 1.54) is 19.2 Å². The fourth-order valence-corrected chi connectivity index (χ4v) is 2.54. The zero-order valence-electron chi connectivity index (χ0n) is 10.9. The van der Waals surface area contributed by atoms with Gasteiger partial charge in [0.15, 0.2) is 11.6 Å². The number of aliphatic carboxylic acids is 1. The summed E-state index contributed by atoms with van der Waals surface area (Å²) in [4.78, 5) is 11.5. The molecular formula is C14H18FNO3. The summed E-state index contributed by atoms with van der Waals surface area (Å²) in [6.07, 6.45) is 2.01. The second-order valence-corrected chi connectivity index (χ2v) is 5.09. The van der Waals surface area contributed by atoms with Gasteiger partial charge in [0.2, 0.25) is 0 Å². The number of benzene rings is 1. The van der Waals surface area contributed by atoms with Crippen molar-refractivity contribution in [2.45, 2.75) is 19.3 Å². The van der Waals surface area contributed by atoms with Crippen molar-refractivity contribution >= 4 is 5.97 Å². The highest BCUT2D eigenvalue weighted by Crippen LogP contribution is 2.47. The molecule has 0 amide bonds. The summed E-state index contributed by atoms with van der Waals surface area (Å²) in [5.41, 5.74) is 5.36. The summed E-state index contributed by atoms with van der Waals surface area (Å²) < 4.78 is 18.5. The Kier molecular flexibility index (Phi) is 3.75. The van der Waals surface area contributed by atoms with E-state index in [0.717, 1.165) is 12.8 Å². The van der Waals surface area contributed by atoms with Crippen LogP contribution in [0, 0.1) is 17.2 Å². The van der Waals surface area contributed by atoms with Gasteiger partial charge in [-0.05, 0) is 42.9 Å². The van der Waals surface area contributed by atoms with Gasteiger partial charge in [0, 0.05) is 6.54 Å². The lowest BCUT2D eigenvalue weighted by Gasteiger charge is -2.28. The van der Waals surface area contributed by atoms with Crippen molar-refractivity contribution < 1.29 is 19.0 Å². The summed E-state index contributed by atoms with van der Waals surface area (Å²) in [5, 5.41) is 9.47. The van der Waals surface area contributed by atoms with E-state index in [9.17, 15) is 14.3 Å². The maximum Gasteiger partial charge on any atom is 0.311 e. The minimum absolute atomic E-state index is 0.0701. The summed E-state index contributed by atoms with van der Waals surface area (Å²) in [6.45, 7) is 0.0701. The molecule has 0 spiro atoms. The standard InChI is InChI=1S/C14H18FNO3/c1-19-12-5-2-9(6-11(12)15)7-14(8-16,13(17)18)10-3-4-10/h2,5-6,10H,3-4,7-8,16H2,1H3,(H,17,18). The van der Waals surface area contributed by atoms with E-state index >= 15 is 0 Å². The molecule has 1 fully saturated rings. The van der Waals surface area contributed by atoms with E-state index < -0.39 is 17.2 Å². The lowest BCUT2D eigenvalue weighted by molar-refractivity contribution is -0.149. The van der Waals surface area contributed by atoms with Gasteiger partial charge >= 0.3 is 5.97 Å². The van der Waals surface area contributed by atoms with Crippen LogP contribution >= 0.6 is 0 Å². The average molecular weight is 267 g/mol. The molecule has 4 nitrogen and oxygen atoms in total. The number of ether oxygens (including phenoxy) is 1. The highest BCUT2D eigenvalue weighted by Gasteiger charge is 2.50. The van der Waals surface area contributed by atoms with Gasteiger partial charge in [-0.25, -0.2) is 4.39 Å². The summed E-state index contributed by atoms with van der Waals surface area (Å²) >= 11 is 0. The first-order chi connectivity index (χ1) is 9.03. The SMILES string of the molecule is COc1ccc(CC(CN)(C(=O)O)C2CC2)cc1F. The number of carboxylic acids is 1. The molecule has 0 heterocycles. The molecule has 2 rings (SSSR count). The fraction of sp³-hybridized carbons (Fsp3) is 0.500. The van der Waals surface area contributed by atoms with E-state index in [2.05, 4.69) is 0 Å². The lowest BCUT2D eigenvalue weighted by atomic mass is 9.77. The van der Waals surface area contributed by atoms with Crippen LogP contribution in [0.1, 0.15) is 18.4 Å². The van der Waals surface area contributed by atoms with E-state index in [1.807, 2.05) is 0 Å². The van der Waals surface area contributed by atoms with Crippen molar-refractivity contribution in [1.29, 1.82) is 0 Å². The van der Waals surface area contributed by atoms with Gasteiger partial charge in [0.25, 0.3) is 0 Å². The lowest BCUT2D eigenvalue weighted by Crippen LogP contribution is -2.42. The van der Waals surface area contributed by atoms with E-state index in [4.69, 9.17) is 10.5 Å². The molecule has 1 saturated carbocycles. The summed E-state index contributed by atoms with van der Waals surface area (Å²) in [6, 6.07) is 4.53. The molecule has 0 saturated heterocycles. The molecular weight excluding hydrogens is 249 g/mol. The Morgan fingerprint density at radius 2 is 2.26 bits per heavy atom. The molecule has 1 aliphatic carbocycles. The quantitative estimate of drug-likeness (QED) is 0.824. The van der Waals surface area contributed by atoms with Crippen molar-refractivity contribution in [1.82, 2.24) is 0 Å². The number of nitrogens with two attached hydrogens (primary N) is 1. The van der Waals surface area contributed by atoms with Crippen LogP contribution in [0.15, 0.2) is 18.2 Å².